The van der Waals surface area contributed by atoms with Gasteiger partial charge in [-0.1, -0.05) is 13.8 Å². The van der Waals surface area contributed by atoms with E-state index in [4.69, 9.17) is 4.74 Å². The number of ether oxygens (including phenoxy) is 1. The van der Waals surface area contributed by atoms with E-state index in [0.29, 0.717) is 23.8 Å². The van der Waals surface area contributed by atoms with Crippen LogP contribution in [0.2, 0.25) is 0 Å². The topological polar surface area (TPSA) is 61.9 Å². The first kappa shape index (κ1) is 18.3. The molecular formula is C18H27N3O3. The van der Waals surface area contributed by atoms with Crippen LogP contribution < -0.4 is 5.32 Å². The number of carbonyl (C=O) groups is 2. The van der Waals surface area contributed by atoms with Crippen LogP contribution in [0.1, 0.15) is 31.1 Å². The number of amides is 2. The lowest BCUT2D eigenvalue weighted by Gasteiger charge is -2.35. The molecule has 1 fully saturated rings. The van der Waals surface area contributed by atoms with E-state index >= 15 is 0 Å². The van der Waals surface area contributed by atoms with E-state index in [2.05, 4.69) is 24.1 Å². The van der Waals surface area contributed by atoms with E-state index in [9.17, 15) is 9.59 Å². The zero-order valence-corrected chi connectivity index (χ0v) is 14.7. The Labute approximate surface area is 143 Å². The minimum atomic E-state index is -0.350. The van der Waals surface area contributed by atoms with Crippen molar-refractivity contribution in [3.05, 3.63) is 29.8 Å². The minimum absolute atomic E-state index is 0.0944. The molecule has 1 aromatic carbocycles. The summed E-state index contributed by atoms with van der Waals surface area (Å²) < 4.78 is 4.94. The van der Waals surface area contributed by atoms with E-state index < -0.39 is 0 Å². The summed E-state index contributed by atoms with van der Waals surface area (Å²) in [6.45, 7) is 10.9. The van der Waals surface area contributed by atoms with Gasteiger partial charge in [0.25, 0.3) is 0 Å². The van der Waals surface area contributed by atoms with Crippen molar-refractivity contribution in [2.24, 2.45) is 5.92 Å². The molecule has 1 saturated heterocycles. The highest BCUT2D eigenvalue weighted by Crippen LogP contribution is 2.13. The third-order valence-corrected chi connectivity index (χ3v) is 3.93. The molecule has 1 aromatic rings. The summed E-state index contributed by atoms with van der Waals surface area (Å²) in [6, 6.07) is 6.67. The number of hydrogen-bond donors (Lipinski definition) is 1. The fourth-order valence-electron chi connectivity index (χ4n) is 2.76. The van der Waals surface area contributed by atoms with Crippen molar-refractivity contribution in [1.29, 1.82) is 0 Å². The number of urea groups is 1. The van der Waals surface area contributed by atoms with E-state index in [1.54, 1.807) is 31.2 Å². The number of hydrogen-bond acceptors (Lipinski definition) is 4. The molecule has 0 bridgehead atoms. The molecule has 0 aromatic heterocycles. The third kappa shape index (κ3) is 5.23. The Morgan fingerprint density at radius 3 is 2.29 bits per heavy atom. The minimum Gasteiger partial charge on any atom is -0.462 e. The first-order valence-corrected chi connectivity index (χ1v) is 8.55. The normalized spacial score (nSPS) is 15.4. The first-order valence-electron chi connectivity index (χ1n) is 8.55. The Balaban J connectivity index is 1.83. The lowest BCUT2D eigenvalue weighted by Crippen LogP contribution is -2.50. The molecule has 2 rings (SSSR count). The third-order valence-electron chi connectivity index (χ3n) is 3.93. The van der Waals surface area contributed by atoms with Gasteiger partial charge in [-0.05, 0) is 37.1 Å². The largest absolute Gasteiger partial charge is 0.462 e. The molecule has 1 aliphatic rings. The number of piperazine rings is 1. The van der Waals surface area contributed by atoms with Crippen molar-refractivity contribution >= 4 is 17.7 Å². The van der Waals surface area contributed by atoms with Gasteiger partial charge in [0.05, 0.1) is 12.2 Å². The highest BCUT2D eigenvalue weighted by Gasteiger charge is 2.21. The zero-order valence-electron chi connectivity index (χ0n) is 14.7. The molecule has 6 heteroatoms. The van der Waals surface area contributed by atoms with Gasteiger partial charge in [0.2, 0.25) is 0 Å². The average molecular weight is 333 g/mol. The number of benzene rings is 1. The van der Waals surface area contributed by atoms with Crippen molar-refractivity contribution in [2.45, 2.75) is 20.8 Å². The fraction of sp³-hybridized carbons (Fsp3) is 0.556. The molecule has 132 valence electrons. The van der Waals surface area contributed by atoms with Crippen LogP contribution in [0.4, 0.5) is 10.5 Å². The van der Waals surface area contributed by atoms with Crippen LogP contribution in [-0.2, 0) is 4.74 Å². The molecule has 24 heavy (non-hydrogen) atoms. The van der Waals surface area contributed by atoms with Crippen LogP contribution in [0.5, 0.6) is 0 Å². The number of anilines is 1. The van der Waals surface area contributed by atoms with Gasteiger partial charge in [-0.25, -0.2) is 9.59 Å². The zero-order chi connectivity index (χ0) is 17.5. The van der Waals surface area contributed by atoms with Gasteiger partial charge < -0.3 is 15.0 Å². The number of nitrogens with one attached hydrogen (secondary N) is 1. The molecule has 0 aliphatic carbocycles. The maximum atomic E-state index is 12.3. The van der Waals surface area contributed by atoms with E-state index in [1.807, 2.05) is 4.90 Å². The van der Waals surface area contributed by atoms with Gasteiger partial charge in [0.15, 0.2) is 0 Å². The highest BCUT2D eigenvalue weighted by molar-refractivity contribution is 5.92. The van der Waals surface area contributed by atoms with Crippen molar-refractivity contribution in [3.63, 3.8) is 0 Å². The highest BCUT2D eigenvalue weighted by atomic mass is 16.5. The Bertz CT molecular complexity index is 549. The summed E-state index contributed by atoms with van der Waals surface area (Å²) >= 11 is 0. The van der Waals surface area contributed by atoms with Crippen molar-refractivity contribution in [3.8, 4) is 0 Å². The molecule has 0 atom stereocenters. The van der Waals surface area contributed by atoms with Crippen LogP contribution in [0, 0.1) is 5.92 Å². The monoisotopic (exact) mass is 333 g/mol. The van der Waals surface area contributed by atoms with Gasteiger partial charge in [-0.15, -0.1) is 0 Å². The summed E-state index contributed by atoms with van der Waals surface area (Å²) in [5, 5.41) is 2.88. The lowest BCUT2D eigenvalue weighted by atomic mass is 10.2. The summed E-state index contributed by atoms with van der Waals surface area (Å²) in [5.41, 5.74) is 1.16. The van der Waals surface area contributed by atoms with Crippen molar-refractivity contribution in [1.82, 2.24) is 9.80 Å². The van der Waals surface area contributed by atoms with Gasteiger partial charge in [0.1, 0.15) is 0 Å². The number of nitrogens with zero attached hydrogens (tertiary/aromatic N) is 2. The Kier molecular flexibility index (Phi) is 6.61. The molecule has 1 heterocycles. The van der Waals surface area contributed by atoms with E-state index in [0.717, 1.165) is 32.7 Å². The number of carbonyl (C=O) groups excluding carboxylic acids is 2. The molecule has 0 radical (unpaired) electrons. The smallest absolute Gasteiger partial charge is 0.338 e. The van der Waals surface area contributed by atoms with Crippen molar-refractivity contribution in [2.75, 3.05) is 44.6 Å². The second-order valence-corrected chi connectivity index (χ2v) is 6.41. The van der Waals surface area contributed by atoms with Crippen LogP contribution >= 0.6 is 0 Å². The van der Waals surface area contributed by atoms with Crippen LogP contribution in [0.25, 0.3) is 0 Å². The van der Waals surface area contributed by atoms with Crippen LogP contribution in [0.3, 0.4) is 0 Å². The fourth-order valence-corrected chi connectivity index (χ4v) is 2.76. The molecule has 6 nitrogen and oxygen atoms in total. The molecular weight excluding hydrogens is 306 g/mol. The first-order chi connectivity index (χ1) is 11.5. The van der Waals surface area contributed by atoms with Crippen LogP contribution in [-0.4, -0.2) is 61.1 Å². The molecule has 0 unspecified atom stereocenters. The molecule has 0 spiro atoms. The second-order valence-electron chi connectivity index (χ2n) is 6.41. The average Bonchev–Trinajstić information content (AvgIpc) is 2.56. The Morgan fingerprint density at radius 2 is 1.75 bits per heavy atom. The summed E-state index contributed by atoms with van der Waals surface area (Å²) in [7, 11) is 0. The predicted molar refractivity (Wildman–Crippen MR) is 94.3 cm³/mol. The second kappa shape index (κ2) is 8.68. The van der Waals surface area contributed by atoms with Crippen LogP contribution in [0.15, 0.2) is 24.3 Å². The van der Waals surface area contributed by atoms with Gasteiger partial charge in [-0.2, -0.15) is 0 Å². The summed E-state index contributed by atoms with van der Waals surface area (Å²) in [5.74, 6) is 0.292. The Hall–Kier alpha value is -2.08. The molecule has 1 N–H and O–H groups in total. The van der Waals surface area contributed by atoms with Gasteiger partial charge >= 0.3 is 12.0 Å². The van der Waals surface area contributed by atoms with Crippen molar-refractivity contribution < 1.29 is 14.3 Å². The standard InChI is InChI=1S/C18H27N3O3/c1-4-24-17(22)15-5-7-16(8-6-15)19-18(23)21-11-9-20(10-12-21)13-14(2)3/h5-8,14H,4,9-13H2,1-3H3,(H,19,23). The predicted octanol–water partition coefficient (Wildman–Crippen LogP) is 2.67. The maximum Gasteiger partial charge on any atom is 0.338 e. The van der Waals surface area contributed by atoms with E-state index in [-0.39, 0.29) is 12.0 Å². The maximum absolute atomic E-state index is 12.3. The lowest BCUT2D eigenvalue weighted by molar-refractivity contribution is 0.0526. The summed E-state index contributed by atoms with van der Waals surface area (Å²) in [4.78, 5) is 28.2. The molecule has 0 saturated carbocycles. The SMILES string of the molecule is CCOC(=O)c1ccc(NC(=O)N2CCN(CC(C)C)CC2)cc1. The van der Waals surface area contributed by atoms with Gasteiger partial charge in [0, 0.05) is 38.4 Å². The molecule has 2 amide bonds. The molecule has 1 aliphatic heterocycles. The van der Waals surface area contributed by atoms with Gasteiger partial charge in [-0.3, -0.25) is 4.90 Å². The van der Waals surface area contributed by atoms with E-state index in [1.165, 1.54) is 0 Å². The Morgan fingerprint density at radius 1 is 1.12 bits per heavy atom. The quantitative estimate of drug-likeness (QED) is 0.842. The number of rotatable bonds is 5. The number of esters is 1. The summed E-state index contributed by atoms with van der Waals surface area (Å²) in [6.07, 6.45) is 0.